The van der Waals surface area contributed by atoms with Crippen molar-refractivity contribution in [3.63, 3.8) is 0 Å². The Morgan fingerprint density at radius 3 is 3.00 bits per heavy atom. The van der Waals surface area contributed by atoms with Gasteiger partial charge >= 0.3 is 0 Å². The number of aliphatic hydroxyl groups excluding tert-OH is 1. The van der Waals surface area contributed by atoms with E-state index in [0.717, 1.165) is 24.3 Å². The molecule has 1 aromatic heterocycles. The van der Waals surface area contributed by atoms with E-state index in [9.17, 15) is 0 Å². The van der Waals surface area contributed by atoms with Crippen LogP contribution in [0.4, 0.5) is 0 Å². The lowest BCUT2D eigenvalue weighted by Gasteiger charge is -1.99. The Balaban J connectivity index is 2.07. The van der Waals surface area contributed by atoms with Crippen LogP contribution in [0.2, 0.25) is 0 Å². The van der Waals surface area contributed by atoms with Gasteiger partial charge in [0.1, 0.15) is 0 Å². The lowest BCUT2D eigenvalue weighted by molar-refractivity contribution is 0.296. The van der Waals surface area contributed by atoms with Crippen molar-refractivity contribution in [1.82, 2.24) is 4.98 Å². The molecule has 0 saturated carbocycles. The highest BCUT2D eigenvalue weighted by Gasteiger charge is 1.92. The minimum absolute atomic E-state index is 0.305. The summed E-state index contributed by atoms with van der Waals surface area (Å²) in [4.78, 5) is 4.05. The second-order valence-corrected chi connectivity index (χ2v) is 4.03. The Hall–Kier alpha value is -0.540. The molecule has 0 unspecified atom stereocenters. The lowest BCUT2D eigenvalue weighted by Crippen LogP contribution is -1.92. The van der Waals surface area contributed by atoms with Gasteiger partial charge in [-0.1, -0.05) is 6.07 Å². The summed E-state index contributed by atoms with van der Waals surface area (Å²) in [6.45, 7) is 0.305. The molecule has 1 N–H and O–H groups in total. The van der Waals surface area contributed by atoms with Gasteiger partial charge in [0.25, 0.3) is 0 Å². The summed E-state index contributed by atoms with van der Waals surface area (Å²) in [7, 11) is 0. The van der Waals surface area contributed by atoms with Crippen LogP contribution < -0.4 is 0 Å². The topological polar surface area (TPSA) is 33.1 Å². The van der Waals surface area contributed by atoms with Crippen molar-refractivity contribution in [2.24, 2.45) is 0 Å². The minimum atomic E-state index is 0.305. The predicted octanol–water partition coefficient (Wildman–Crippen LogP) is 1.74. The van der Waals surface area contributed by atoms with E-state index in [0.29, 0.717) is 6.61 Å². The number of nitrogens with zero attached hydrogens (tertiary/aromatic N) is 1. The lowest BCUT2D eigenvalue weighted by atomic mass is 10.2. The molecule has 0 spiro atoms. The van der Waals surface area contributed by atoms with E-state index < -0.39 is 0 Å². The third kappa shape index (κ3) is 4.90. The van der Waals surface area contributed by atoms with Gasteiger partial charge in [-0.05, 0) is 36.0 Å². The molecule has 0 aromatic carbocycles. The van der Waals surface area contributed by atoms with Crippen molar-refractivity contribution in [2.75, 3.05) is 18.1 Å². The smallest absolute Gasteiger partial charge is 0.0438 e. The van der Waals surface area contributed by atoms with Gasteiger partial charge in [0.2, 0.25) is 0 Å². The zero-order chi connectivity index (χ0) is 9.36. The molecule has 13 heavy (non-hydrogen) atoms. The third-order valence-corrected chi connectivity index (χ3v) is 2.77. The molecule has 0 atom stereocenters. The van der Waals surface area contributed by atoms with Crippen LogP contribution >= 0.6 is 11.8 Å². The van der Waals surface area contributed by atoms with E-state index in [2.05, 4.69) is 11.1 Å². The van der Waals surface area contributed by atoms with Gasteiger partial charge in [-0.3, -0.25) is 4.98 Å². The molecule has 0 radical (unpaired) electrons. The Kier molecular flexibility index (Phi) is 5.61. The molecule has 1 rings (SSSR count). The Labute approximate surface area is 83.4 Å². The van der Waals surface area contributed by atoms with Crippen LogP contribution in [0.5, 0.6) is 0 Å². The van der Waals surface area contributed by atoms with Gasteiger partial charge in [0.15, 0.2) is 0 Å². The molecule has 0 saturated heterocycles. The summed E-state index contributed by atoms with van der Waals surface area (Å²) in [5, 5.41) is 8.56. The molecule has 72 valence electrons. The highest BCUT2D eigenvalue weighted by molar-refractivity contribution is 7.99. The molecule has 0 aliphatic rings. The summed E-state index contributed by atoms with van der Waals surface area (Å²) in [6.07, 6.45) is 5.68. The SMILES string of the molecule is OCCCSCCc1cccnc1. The Bertz CT molecular complexity index is 215. The molecule has 3 heteroatoms. The number of aliphatic hydroxyl groups is 1. The van der Waals surface area contributed by atoms with E-state index in [1.54, 1.807) is 6.20 Å². The summed E-state index contributed by atoms with van der Waals surface area (Å²) in [5.74, 6) is 2.17. The van der Waals surface area contributed by atoms with Gasteiger partial charge in [-0.2, -0.15) is 11.8 Å². The van der Waals surface area contributed by atoms with Crippen LogP contribution in [0.25, 0.3) is 0 Å². The highest BCUT2D eigenvalue weighted by atomic mass is 32.2. The molecule has 0 bridgehead atoms. The minimum Gasteiger partial charge on any atom is -0.396 e. The van der Waals surface area contributed by atoms with Gasteiger partial charge in [0, 0.05) is 19.0 Å². The monoisotopic (exact) mass is 197 g/mol. The maximum absolute atomic E-state index is 8.56. The highest BCUT2D eigenvalue weighted by Crippen LogP contribution is 2.06. The average Bonchev–Trinajstić information content (AvgIpc) is 2.19. The van der Waals surface area contributed by atoms with Gasteiger partial charge in [0.05, 0.1) is 0 Å². The molecule has 0 aliphatic heterocycles. The van der Waals surface area contributed by atoms with E-state index >= 15 is 0 Å². The maximum Gasteiger partial charge on any atom is 0.0438 e. The van der Waals surface area contributed by atoms with Crippen LogP contribution in [0.1, 0.15) is 12.0 Å². The second kappa shape index (κ2) is 6.92. The summed E-state index contributed by atoms with van der Waals surface area (Å²) in [6, 6.07) is 4.06. The van der Waals surface area contributed by atoms with E-state index in [4.69, 9.17) is 5.11 Å². The Morgan fingerprint density at radius 2 is 2.31 bits per heavy atom. The molecule has 0 aliphatic carbocycles. The zero-order valence-electron chi connectivity index (χ0n) is 7.65. The van der Waals surface area contributed by atoms with Gasteiger partial charge < -0.3 is 5.11 Å². The Morgan fingerprint density at radius 1 is 1.38 bits per heavy atom. The standard InChI is InChI=1S/C10H15NOS/c12-6-2-7-13-8-4-10-3-1-5-11-9-10/h1,3,5,9,12H,2,4,6-8H2. The predicted molar refractivity (Wildman–Crippen MR) is 57.0 cm³/mol. The molecule has 2 nitrogen and oxygen atoms in total. The van der Waals surface area contributed by atoms with Crippen LogP contribution in [0.3, 0.4) is 0 Å². The molecule has 0 amide bonds. The van der Waals surface area contributed by atoms with E-state index in [-0.39, 0.29) is 0 Å². The van der Waals surface area contributed by atoms with Crippen LogP contribution in [0, 0.1) is 0 Å². The van der Waals surface area contributed by atoms with Crippen molar-refractivity contribution >= 4 is 11.8 Å². The quantitative estimate of drug-likeness (QED) is 0.705. The first-order chi connectivity index (χ1) is 6.43. The molecular weight excluding hydrogens is 182 g/mol. The largest absolute Gasteiger partial charge is 0.396 e. The van der Waals surface area contributed by atoms with Crippen molar-refractivity contribution in [3.05, 3.63) is 30.1 Å². The van der Waals surface area contributed by atoms with Crippen molar-refractivity contribution in [1.29, 1.82) is 0 Å². The van der Waals surface area contributed by atoms with E-state index in [1.807, 2.05) is 24.0 Å². The maximum atomic E-state index is 8.56. The first-order valence-corrected chi connectivity index (χ1v) is 5.66. The normalized spacial score (nSPS) is 10.2. The average molecular weight is 197 g/mol. The van der Waals surface area contributed by atoms with Crippen LogP contribution in [-0.4, -0.2) is 28.2 Å². The summed E-state index contributed by atoms with van der Waals surface area (Å²) in [5.41, 5.74) is 1.29. The fourth-order valence-electron chi connectivity index (χ4n) is 1.00. The fourth-order valence-corrected chi connectivity index (χ4v) is 1.92. The number of rotatable bonds is 6. The number of hydrogen-bond acceptors (Lipinski definition) is 3. The number of hydrogen-bond donors (Lipinski definition) is 1. The van der Waals surface area contributed by atoms with E-state index in [1.165, 1.54) is 5.56 Å². The van der Waals surface area contributed by atoms with Crippen LogP contribution in [0.15, 0.2) is 24.5 Å². The molecule has 0 fully saturated rings. The van der Waals surface area contributed by atoms with Gasteiger partial charge in [-0.25, -0.2) is 0 Å². The third-order valence-electron chi connectivity index (χ3n) is 1.70. The zero-order valence-corrected chi connectivity index (χ0v) is 8.46. The van der Waals surface area contributed by atoms with Crippen molar-refractivity contribution < 1.29 is 5.11 Å². The summed E-state index contributed by atoms with van der Waals surface area (Å²) < 4.78 is 0. The van der Waals surface area contributed by atoms with Crippen molar-refractivity contribution in [2.45, 2.75) is 12.8 Å². The number of pyridine rings is 1. The number of thioether (sulfide) groups is 1. The number of aryl methyl sites for hydroxylation is 1. The van der Waals surface area contributed by atoms with Crippen LogP contribution in [-0.2, 0) is 6.42 Å². The molecule has 1 heterocycles. The second-order valence-electron chi connectivity index (χ2n) is 2.80. The molecular formula is C10H15NOS. The number of aromatic nitrogens is 1. The summed E-state index contributed by atoms with van der Waals surface area (Å²) >= 11 is 1.88. The van der Waals surface area contributed by atoms with Gasteiger partial charge in [-0.15, -0.1) is 0 Å². The first-order valence-electron chi connectivity index (χ1n) is 4.51. The van der Waals surface area contributed by atoms with Crippen molar-refractivity contribution in [3.8, 4) is 0 Å². The molecule has 1 aromatic rings. The fraction of sp³-hybridized carbons (Fsp3) is 0.500. The first kappa shape index (κ1) is 10.5.